The average molecular weight is 308 g/mol. The van der Waals surface area contributed by atoms with Gasteiger partial charge in [-0.15, -0.1) is 0 Å². The molecule has 0 atom stereocenters. The first-order chi connectivity index (χ1) is 11.1. The molecule has 3 nitrogen and oxygen atoms in total. The van der Waals surface area contributed by atoms with Gasteiger partial charge in [0.05, 0.1) is 0 Å². The first-order valence-electron chi connectivity index (χ1n) is 8.36. The molecular weight excluding hydrogens is 284 g/mol. The maximum absolute atomic E-state index is 12.4. The Morgan fingerprint density at radius 1 is 0.913 bits per heavy atom. The summed E-state index contributed by atoms with van der Waals surface area (Å²) in [5, 5.41) is 2.99. The number of rotatable bonds is 3. The molecule has 1 N–H and O–H groups in total. The average Bonchev–Trinajstić information content (AvgIpc) is 2.55. The highest BCUT2D eigenvalue weighted by Crippen LogP contribution is 2.22. The number of hydrogen-bond donors (Lipinski definition) is 1. The fraction of sp³-hybridized carbons (Fsp3) is 0.350. The van der Waals surface area contributed by atoms with Crippen molar-refractivity contribution in [2.75, 3.05) is 23.3 Å². The topological polar surface area (TPSA) is 32.3 Å². The molecule has 1 aliphatic rings. The van der Waals surface area contributed by atoms with Crippen molar-refractivity contribution in [1.29, 1.82) is 0 Å². The molecule has 0 unspecified atom stereocenters. The van der Waals surface area contributed by atoms with Crippen molar-refractivity contribution < 1.29 is 4.79 Å². The van der Waals surface area contributed by atoms with Crippen LogP contribution in [0.1, 0.15) is 40.7 Å². The number of carbonyl (C=O) groups excluding carboxylic acids is 1. The highest BCUT2D eigenvalue weighted by molar-refractivity contribution is 6.04. The number of amides is 1. The van der Waals surface area contributed by atoms with Crippen LogP contribution >= 0.6 is 0 Å². The van der Waals surface area contributed by atoms with E-state index in [1.165, 1.54) is 24.9 Å². The molecule has 0 aliphatic carbocycles. The van der Waals surface area contributed by atoms with E-state index in [-0.39, 0.29) is 5.91 Å². The quantitative estimate of drug-likeness (QED) is 0.902. The van der Waals surface area contributed by atoms with Gasteiger partial charge < -0.3 is 10.2 Å². The first-order valence-corrected chi connectivity index (χ1v) is 8.36. The normalized spacial score (nSPS) is 14.6. The van der Waals surface area contributed by atoms with Crippen LogP contribution in [0.4, 0.5) is 11.4 Å². The van der Waals surface area contributed by atoms with Gasteiger partial charge in [0.1, 0.15) is 0 Å². The van der Waals surface area contributed by atoms with E-state index < -0.39 is 0 Å². The van der Waals surface area contributed by atoms with E-state index in [0.717, 1.165) is 29.9 Å². The lowest BCUT2D eigenvalue weighted by atomic mass is 10.1. The van der Waals surface area contributed by atoms with Gasteiger partial charge in [-0.25, -0.2) is 0 Å². The van der Waals surface area contributed by atoms with Crippen molar-refractivity contribution in [3.05, 3.63) is 59.2 Å². The van der Waals surface area contributed by atoms with Crippen LogP contribution in [-0.2, 0) is 0 Å². The molecular formula is C20H24N2O. The number of hydrogen-bond acceptors (Lipinski definition) is 2. The predicted octanol–water partition coefficient (Wildman–Crippen LogP) is 4.55. The van der Waals surface area contributed by atoms with Gasteiger partial charge in [0, 0.05) is 30.0 Å². The number of benzene rings is 2. The van der Waals surface area contributed by atoms with Crippen LogP contribution in [0.2, 0.25) is 0 Å². The Morgan fingerprint density at radius 2 is 1.52 bits per heavy atom. The zero-order valence-corrected chi connectivity index (χ0v) is 13.9. The number of carbonyl (C=O) groups is 1. The third kappa shape index (κ3) is 3.92. The molecule has 0 aromatic heterocycles. The number of anilines is 2. The molecule has 1 saturated heterocycles. The molecule has 1 aliphatic heterocycles. The second-order valence-corrected chi connectivity index (χ2v) is 6.43. The number of nitrogens with one attached hydrogen (secondary N) is 1. The largest absolute Gasteiger partial charge is 0.372 e. The molecule has 2 aromatic carbocycles. The van der Waals surface area contributed by atoms with E-state index in [9.17, 15) is 4.79 Å². The molecule has 3 rings (SSSR count). The summed E-state index contributed by atoms with van der Waals surface area (Å²) in [7, 11) is 0. The van der Waals surface area contributed by atoms with Crippen LogP contribution in [-0.4, -0.2) is 19.0 Å². The van der Waals surface area contributed by atoms with Gasteiger partial charge in [0.25, 0.3) is 5.91 Å². The van der Waals surface area contributed by atoms with Crippen molar-refractivity contribution in [3.8, 4) is 0 Å². The van der Waals surface area contributed by atoms with Crippen molar-refractivity contribution in [2.45, 2.75) is 33.1 Å². The van der Waals surface area contributed by atoms with Crippen molar-refractivity contribution >= 4 is 17.3 Å². The molecule has 1 fully saturated rings. The summed E-state index contributed by atoms with van der Waals surface area (Å²) >= 11 is 0. The minimum atomic E-state index is -0.0532. The van der Waals surface area contributed by atoms with Gasteiger partial charge in [0.2, 0.25) is 0 Å². The second kappa shape index (κ2) is 6.86. The fourth-order valence-corrected chi connectivity index (χ4v) is 3.22. The zero-order chi connectivity index (χ0) is 16.2. The maximum atomic E-state index is 12.4. The van der Waals surface area contributed by atoms with E-state index >= 15 is 0 Å². The molecule has 1 amide bonds. The Morgan fingerprint density at radius 3 is 2.13 bits per heavy atom. The van der Waals surface area contributed by atoms with Gasteiger partial charge in [-0.05, 0) is 69.5 Å². The maximum Gasteiger partial charge on any atom is 0.255 e. The summed E-state index contributed by atoms with van der Waals surface area (Å²) in [6.07, 6.45) is 3.87. The second-order valence-electron chi connectivity index (χ2n) is 6.43. The molecule has 120 valence electrons. The molecule has 0 spiro atoms. The highest BCUT2D eigenvalue weighted by Gasteiger charge is 2.11. The molecule has 1 heterocycles. The van der Waals surface area contributed by atoms with E-state index in [4.69, 9.17) is 0 Å². The Balaban J connectivity index is 1.68. The van der Waals surface area contributed by atoms with Gasteiger partial charge in [-0.3, -0.25) is 4.79 Å². The molecule has 2 aromatic rings. The molecule has 23 heavy (non-hydrogen) atoms. The monoisotopic (exact) mass is 308 g/mol. The van der Waals surface area contributed by atoms with E-state index in [1.807, 2.05) is 38.1 Å². The summed E-state index contributed by atoms with van der Waals surface area (Å²) in [6.45, 7) is 6.29. The molecule has 0 bridgehead atoms. The lowest BCUT2D eigenvalue weighted by Crippen LogP contribution is -2.29. The zero-order valence-electron chi connectivity index (χ0n) is 13.9. The number of piperidine rings is 1. The Labute approximate surface area is 138 Å². The number of aryl methyl sites for hydroxylation is 2. The standard InChI is InChI=1S/C20H24N2O/c1-15-12-16(2)14-17(13-15)20(23)21-18-6-8-19(9-7-18)22-10-4-3-5-11-22/h6-9,12-14H,3-5,10-11H2,1-2H3,(H,21,23). The summed E-state index contributed by atoms with van der Waals surface area (Å²) in [5.41, 5.74) is 5.01. The SMILES string of the molecule is Cc1cc(C)cc(C(=O)Nc2ccc(N3CCCCC3)cc2)c1. The minimum Gasteiger partial charge on any atom is -0.372 e. The van der Waals surface area contributed by atoms with Gasteiger partial charge in [-0.1, -0.05) is 17.2 Å². The van der Waals surface area contributed by atoms with Crippen LogP contribution in [0.15, 0.2) is 42.5 Å². The van der Waals surface area contributed by atoms with Crippen molar-refractivity contribution in [1.82, 2.24) is 0 Å². The molecule has 0 radical (unpaired) electrons. The summed E-state index contributed by atoms with van der Waals surface area (Å²) in [5.74, 6) is -0.0532. The van der Waals surface area contributed by atoms with Gasteiger partial charge in [0.15, 0.2) is 0 Å². The van der Waals surface area contributed by atoms with E-state index in [2.05, 4.69) is 28.4 Å². The number of nitrogens with zero attached hydrogens (tertiary/aromatic N) is 1. The predicted molar refractivity (Wildman–Crippen MR) is 96.4 cm³/mol. The summed E-state index contributed by atoms with van der Waals surface area (Å²) in [4.78, 5) is 14.8. The van der Waals surface area contributed by atoms with Gasteiger partial charge >= 0.3 is 0 Å². The third-order valence-electron chi connectivity index (χ3n) is 4.33. The first kappa shape index (κ1) is 15.6. The Bertz CT molecular complexity index is 665. The van der Waals surface area contributed by atoms with E-state index in [1.54, 1.807) is 0 Å². The van der Waals surface area contributed by atoms with Crippen molar-refractivity contribution in [3.63, 3.8) is 0 Å². The summed E-state index contributed by atoms with van der Waals surface area (Å²) in [6, 6.07) is 14.1. The van der Waals surface area contributed by atoms with E-state index in [0.29, 0.717) is 5.56 Å². The summed E-state index contributed by atoms with van der Waals surface area (Å²) < 4.78 is 0. The fourth-order valence-electron chi connectivity index (χ4n) is 3.22. The van der Waals surface area contributed by atoms with Crippen LogP contribution in [0.25, 0.3) is 0 Å². The van der Waals surface area contributed by atoms with Crippen LogP contribution in [0.3, 0.4) is 0 Å². The van der Waals surface area contributed by atoms with Gasteiger partial charge in [-0.2, -0.15) is 0 Å². The highest BCUT2D eigenvalue weighted by atomic mass is 16.1. The van der Waals surface area contributed by atoms with Crippen LogP contribution in [0, 0.1) is 13.8 Å². The molecule has 0 saturated carbocycles. The lowest BCUT2D eigenvalue weighted by Gasteiger charge is -2.28. The van der Waals surface area contributed by atoms with Crippen LogP contribution in [0.5, 0.6) is 0 Å². The smallest absolute Gasteiger partial charge is 0.255 e. The third-order valence-corrected chi connectivity index (χ3v) is 4.33. The van der Waals surface area contributed by atoms with Crippen molar-refractivity contribution in [2.24, 2.45) is 0 Å². The minimum absolute atomic E-state index is 0.0532. The van der Waals surface area contributed by atoms with Crippen LogP contribution < -0.4 is 10.2 Å². The Kier molecular flexibility index (Phi) is 4.65. The Hall–Kier alpha value is -2.29. The molecule has 3 heteroatoms. The lowest BCUT2D eigenvalue weighted by molar-refractivity contribution is 0.102.